The molecule has 0 unspecified atom stereocenters. The summed E-state index contributed by atoms with van der Waals surface area (Å²) in [6, 6.07) is 17.0. The monoisotopic (exact) mass is 208 g/mol. The van der Waals surface area contributed by atoms with Gasteiger partial charge in [-0.25, -0.2) is 0 Å². The van der Waals surface area contributed by atoms with Crippen LogP contribution in [0, 0.1) is 13.8 Å². The molecule has 0 aliphatic heterocycles. The average Bonchev–Trinajstić information content (AvgIpc) is 2.30. The Hall–Kier alpha value is -1.82. The molecule has 0 nitrogen and oxygen atoms in total. The average molecular weight is 208 g/mol. The summed E-state index contributed by atoms with van der Waals surface area (Å²) in [5.41, 5.74) is 6.02. The minimum Gasteiger partial charge on any atom is -0.0906 e. The summed E-state index contributed by atoms with van der Waals surface area (Å²) in [5.74, 6) is 0. The quantitative estimate of drug-likeness (QED) is 0.687. The summed E-state index contributed by atoms with van der Waals surface area (Å²) < 4.78 is 0. The lowest BCUT2D eigenvalue weighted by molar-refractivity contribution is 1.43. The van der Waals surface area contributed by atoms with Crippen LogP contribution in [-0.4, -0.2) is 0 Å². The molecule has 0 heterocycles. The first-order valence-corrected chi connectivity index (χ1v) is 5.50. The first-order valence-electron chi connectivity index (χ1n) is 5.50. The minimum absolute atomic E-state index is 1.08. The molecular weight excluding hydrogens is 192 g/mol. The second kappa shape index (κ2) is 4.36. The molecule has 0 aliphatic rings. The molecule has 16 heavy (non-hydrogen) atoms. The van der Waals surface area contributed by atoms with Gasteiger partial charge in [-0.2, -0.15) is 0 Å². The molecule has 2 rings (SSSR count). The van der Waals surface area contributed by atoms with Crippen LogP contribution in [0.1, 0.15) is 22.3 Å². The van der Waals surface area contributed by atoms with Crippen LogP contribution in [0.2, 0.25) is 0 Å². The van der Waals surface area contributed by atoms with Gasteiger partial charge < -0.3 is 0 Å². The van der Waals surface area contributed by atoms with Gasteiger partial charge in [0.2, 0.25) is 0 Å². The molecule has 0 bridgehead atoms. The molecule has 0 aromatic heterocycles. The van der Waals surface area contributed by atoms with E-state index >= 15 is 0 Å². The Morgan fingerprint density at radius 3 is 1.31 bits per heavy atom. The maximum Gasteiger partial charge on any atom is -0.0183 e. The SMILES string of the molecule is C=C(c1ccc(C)cc1)c1ccc(C)cc1. The Morgan fingerprint density at radius 2 is 1.00 bits per heavy atom. The molecule has 0 saturated carbocycles. The van der Waals surface area contributed by atoms with E-state index in [4.69, 9.17) is 0 Å². The fraction of sp³-hybridized carbons (Fsp3) is 0.125. The van der Waals surface area contributed by atoms with E-state index in [1.807, 2.05) is 0 Å². The van der Waals surface area contributed by atoms with Gasteiger partial charge in [0.15, 0.2) is 0 Å². The van der Waals surface area contributed by atoms with E-state index in [0.717, 1.165) is 5.57 Å². The fourth-order valence-electron chi connectivity index (χ4n) is 1.68. The smallest absolute Gasteiger partial charge is 0.0183 e. The van der Waals surface area contributed by atoms with Crippen molar-refractivity contribution in [2.75, 3.05) is 0 Å². The van der Waals surface area contributed by atoms with Crippen molar-refractivity contribution >= 4 is 5.57 Å². The van der Waals surface area contributed by atoms with Crippen molar-refractivity contribution in [2.45, 2.75) is 13.8 Å². The second-order valence-electron chi connectivity index (χ2n) is 4.21. The van der Waals surface area contributed by atoms with E-state index in [9.17, 15) is 0 Å². The Morgan fingerprint density at radius 1 is 0.688 bits per heavy atom. The zero-order chi connectivity index (χ0) is 11.5. The lowest BCUT2D eigenvalue weighted by Gasteiger charge is -2.07. The molecule has 0 radical (unpaired) electrons. The van der Waals surface area contributed by atoms with Crippen LogP contribution in [0.5, 0.6) is 0 Å². The molecule has 0 saturated heterocycles. The highest BCUT2D eigenvalue weighted by Gasteiger charge is 2.01. The maximum absolute atomic E-state index is 4.15. The van der Waals surface area contributed by atoms with Gasteiger partial charge in [0.05, 0.1) is 0 Å². The Balaban J connectivity index is 2.32. The summed E-state index contributed by atoms with van der Waals surface area (Å²) in [6.45, 7) is 8.35. The predicted octanol–water partition coefficient (Wildman–Crippen LogP) is 4.36. The molecule has 2 aromatic carbocycles. The van der Waals surface area contributed by atoms with E-state index in [1.165, 1.54) is 22.3 Å². The van der Waals surface area contributed by atoms with Gasteiger partial charge in [-0.3, -0.25) is 0 Å². The Labute approximate surface area is 97.3 Å². The molecule has 0 spiro atoms. The summed E-state index contributed by atoms with van der Waals surface area (Å²) in [6.07, 6.45) is 0. The molecular formula is C16H16. The highest BCUT2D eigenvalue weighted by atomic mass is 14.1. The fourth-order valence-corrected chi connectivity index (χ4v) is 1.68. The van der Waals surface area contributed by atoms with Crippen molar-refractivity contribution in [2.24, 2.45) is 0 Å². The highest BCUT2D eigenvalue weighted by Crippen LogP contribution is 2.21. The van der Waals surface area contributed by atoms with Crippen molar-refractivity contribution in [1.29, 1.82) is 0 Å². The molecule has 80 valence electrons. The van der Waals surface area contributed by atoms with Crippen LogP contribution in [0.15, 0.2) is 55.1 Å². The number of aryl methyl sites for hydroxylation is 2. The van der Waals surface area contributed by atoms with E-state index in [-0.39, 0.29) is 0 Å². The predicted molar refractivity (Wildman–Crippen MR) is 70.5 cm³/mol. The van der Waals surface area contributed by atoms with Gasteiger partial charge in [0.1, 0.15) is 0 Å². The third kappa shape index (κ3) is 2.22. The van der Waals surface area contributed by atoms with Gasteiger partial charge in [-0.1, -0.05) is 66.2 Å². The zero-order valence-corrected chi connectivity index (χ0v) is 9.83. The van der Waals surface area contributed by atoms with Crippen LogP contribution in [0.25, 0.3) is 5.57 Å². The molecule has 2 aromatic rings. The lowest BCUT2D eigenvalue weighted by atomic mass is 9.98. The Bertz CT molecular complexity index is 439. The molecule has 0 heteroatoms. The van der Waals surface area contributed by atoms with Crippen LogP contribution >= 0.6 is 0 Å². The lowest BCUT2D eigenvalue weighted by Crippen LogP contribution is -1.86. The van der Waals surface area contributed by atoms with Crippen molar-refractivity contribution < 1.29 is 0 Å². The van der Waals surface area contributed by atoms with E-state index < -0.39 is 0 Å². The number of rotatable bonds is 2. The summed E-state index contributed by atoms with van der Waals surface area (Å²) >= 11 is 0. The van der Waals surface area contributed by atoms with Gasteiger partial charge >= 0.3 is 0 Å². The van der Waals surface area contributed by atoms with Crippen LogP contribution < -0.4 is 0 Å². The van der Waals surface area contributed by atoms with Gasteiger partial charge in [0.25, 0.3) is 0 Å². The van der Waals surface area contributed by atoms with Crippen LogP contribution in [-0.2, 0) is 0 Å². The number of hydrogen-bond acceptors (Lipinski definition) is 0. The zero-order valence-electron chi connectivity index (χ0n) is 9.83. The molecule has 0 N–H and O–H groups in total. The van der Waals surface area contributed by atoms with Gasteiger partial charge in [-0.15, -0.1) is 0 Å². The molecule has 0 aliphatic carbocycles. The number of benzene rings is 2. The first kappa shape index (κ1) is 10.7. The Kier molecular flexibility index (Phi) is 2.91. The molecule has 0 atom stereocenters. The number of hydrogen-bond donors (Lipinski definition) is 0. The first-order chi connectivity index (χ1) is 7.66. The molecule has 0 amide bonds. The van der Waals surface area contributed by atoms with Crippen molar-refractivity contribution in [3.05, 3.63) is 77.4 Å². The van der Waals surface area contributed by atoms with E-state index in [1.54, 1.807) is 0 Å². The van der Waals surface area contributed by atoms with Crippen molar-refractivity contribution in [1.82, 2.24) is 0 Å². The topological polar surface area (TPSA) is 0 Å². The van der Waals surface area contributed by atoms with Crippen molar-refractivity contribution in [3.8, 4) is 0 Å². The summed E-state index contributed by atoms with van der Waals surface area (Å²) in [7, 11) is 0. The highest BCUT2D eigenvalue weighted by molar-refractivity contribution is 5.78. The van der Waals surface area contributed by atoms with E-state index in [0.29, 0.717) is 0 Å². The van der Waals surface area contributed by atoms with Crippen molar-refractivity contribution in [3.63, 3.8) is 0 Å². The second-order valence-corrected chi connectivity index (χ2v) is 4.21. The third-order valence-corrected chi connectivity index (χ3v) is 2.80. The third-order valence-electron chi connectivity index (χ3n) is 2.80. The van der Waals surface area contributed by atoms with Crippen LogP contribution in [0.4, 0.5) is 0 Å². The largest absolute Gasteiger partial charge is 0.0906 e. The van der Waals surface area contributed by atoms with E-state index in [2.05, 4.69) is 69.0 Å². The van der Waals surface area contributed by atoms with Gasteiger partial charge in [-0.05, 0) is 30.5 Å². The molecule has 0 fully saturated rings. The minimum atomic E-state index is 1.08. The standard InChI is InChI=1S/C16H16/c1-12-4-8-15(9-5-12)14(3)16-10-6-13(2)7-11-16/h4-11H,3H2,1-2H3. The van der Waals surface area contributed by atoms with Crippen LogP contribution in [0.3, 0.4) is 0 Å². The normalized spacial score (nSPS) is 10.1. The van der Waals surface area contributed by atoms with Gasteiger partial charge in [0, 0.05) is 0 Å². The summed E-state index contributed by atoms with van der Waals surface area (Å²) in [4.78, 5) is 0. The maximum atomic E-state index is 4.15. The summed E-state index contributed by atoms with van der Waals surface area (Å²) in [5, 5.41) is 0.